The van der Waals surface area contributed by atoms with Crippen LogP contribution in [0.2, 0.25) is 0 Å². The number of rotatable bonds is 3. The van der Waals surface area contributed by atoms with Crippen LogP contribution in [0.15, 0.2) is 36.4 Å². The summed E-state index contributed by atoms with van der Waals surface area (Å²) in [4.78, 5) is 0. The van der Waals surface area contributed by atoms with E-state index in [9.17, 15) is 0 Å². The summed E-state index contributed by atoms with van der Waals surface area (Å²) in [7, 11) is 1.73. The van der Waals surface area contributed by atoms with E-state index in [-0.39, 0.29) is 29.6 Å². The van der Waals surface area contributed by atoms with Crippen LogP contribution in [0, 0.1) is 0 Å². The first kappa shape index (κ1) is 13.6. The maximum atomic E-state index is 5.43. The third-order valence-electron chi connectivity index (χ3n) is 2.69. The van der Waals surface area contributed by atoms with E-state index in [0.29, 0.717) is 0 Å². The Bertz CT molecular complexity index is 425. The molecule has 0 unspecified atom stereocenters. The summed E-state index contributed by atoms with van der Waals surface area (Å²) >= 11 is 0. The minimum absolute atomic E-state index is 0. The number of hydrogen-bond donors (Lipinski definition) is 0. The number of fused-ring (bicyclic) bond motifs is 1. The number of aryl methyl sites for hydroxylation is 1. The van der Waals surface area contributed by atoms with Gasteiger partial charge in [0.25, 0.3) is 0 Å². The van der Waals surface area contributed by atoms with E-state index >= 15 is 0 Å². The van der Waals surface area contributed by atoms with E-state index in [1.807, 2.05) is 12.1 Å². The van der Waals surface area contributed by atoms with Gasteiger partial charge in [-0.1, -0.05) is 43.7 Å². The van der Waals surface area contributed by atoms with Crippen molar-refractivity contribution in [2.45, 2.75) is 19.8 Å². The maximum Gasteiger partial charge on any atom is 0.126 e. The van der Waals surface area contributed by atoms with Gasteiger partial charge in [0, 0.05) is 35.1 Å². The zero-order chi connectivity index (χ0) is 10.7. The topological polar surface area (TPSA) is 9.23 Å². The van der Waals surface area contributed by atoms with Crippen molar-refractivity contribution in [3.05, 3.63) is 42.0 Å². The fourth-order valence-electron chi connectivity index (χ4n) is 2.02. The monoisotopic (exact) mass is 223 g/mol. The molecule has 0 bridgehead atoms. The first-order valence-electron chi connectivity index (χ1n) is 5.41. The Labute approximate surface area is 119 Å². The van der Waals surface area contributed by atoms with Crippen LogP contribution in [0.3, 0.4) is 0 Å². The van der Waals surface area contributed by atoms with Gasteiger partial charge in [-0.2, -0.15) is 0 Å². The Morgan fingerprint density at radius 1 is 1.06 bits per heavy atom. The molecule has 0 saturated carbocycles. The second kappa shape index (κ2) is 6.29. The predicted octanol–water partition coefficient (Wildman–Crippen LogP) is 3.37. The largest absolute Gasteiger partial charge is 0.496 e. The molecule has 0 aromatic rings. The Hall–Kier alpha value is -0.500. The van der Waals surface area contributed by atoms with Crippen LogP contribution in [0.5, 0.6) is 5.75 Å². The van der Waals surface area contributed by atoms with Crippen LogP contribution in [0.4, 0.5) is 0 Å². The molecule has 16 heavy (non-hydrogen) atoms. The van der Waals surface area contributed by atoms with Gasteiger partial charge in [0.05, 0.1) is 7.11 Å². The Kier molecular flexibility index (Phi) is 5.33. The van der Waals surface area contributed by atoms with Gasteiger partial charge >= 0.3 is 0 Å². The van der Waals surface area contributed by atoms with Crippen LogP contribution < -0.4 is 4.74 Å². The van der Waals surface area contributed by atoms with Gasteiger partial charge in [-0.3, -0.25) is 0 Å². The molecule has 0 aromatic carbocycles. The standard InChI is InChI=1S/C14H16O.Na/c1-3-6-11-9-10-12-7-4-5-8-13(15-2)14(11)12;/h4-5,7-10H,3,6H2,1-2H3;. The van der Waals surface area contributed by atoms with Crippen molar-refractivity contribution in [3.8, 4) is 16.9 Å². The smallest absolute Gasteiger partial charge is 0.126 e. The Morgan fingerprint density at radius 3 is 2.50 bits per heavy atom. The molecular formula is C14H16NaO. The van der Waals surface area contributed by atoms with Crippen molar-refractivity contribution in [1.82, 2.24) is 0 Å². The zero-order valence-electron chi connectivity index (χ0n) is 10.3. The van der Waals surface area contributed by atoms with Gasteiger partial charge in [-0.05, 0) is 23.6 Å². The molecule has 1 radical (unpaired) electrons. The summed E-state index contributed by atoms with van der Waals surface area (Å²) < 4.78 is 5.43. The molecule has 0 heterocycles. The maximum absolute atomic E-state index is 5.43. The van der Waals surface area contributed by atoms with E-state index < -0.39 is 0 Å². The van der Waals surface area contributed by atoms with Gasteiger partial charge in [0.1, 0.15) is 5.75 Å². The van der Waals surface area contributed by atoms with Crippen molar-refractivity contribution in [2.75, 3.05) is 7.11 Å². The number of ether oxygens (including phenoxy) is 1. The molecule has 0 fully saturated rings. The quantitative estimate of drug-likeness (QED) is 0.725. The number of methoxy groups -OCH3 is 1. The molecule has 0 atom stereocenters. The first-order valence-corrected chi connectivity index (χ1v) is 5.41. The van der Waals surface area contributed by atoms with Gasteiger partial charge in [-0.15, -0.1) is 0 Å². The fraction of sp³-hybridized carbons (Fsp3) is 0.286. The molecule has 2 aliphatic rings. The van der Waals surface area contributed by atoms with Crippen LogP contribution in [0.1, 0.15) is 18.9 Å². The van der Waals surface area contributed by atoms with Crippen molar-refractivity contribution < 1.29 is 4.74 Å². The van der Waals surface area contributed by atoms with E-state index in [0.717, 1.165) is 12.2 Å². The van der Waals surface area contributed by atoms with Crippen LogP contribution in [0.25, 0.3) is 11.1 Å². The van der Waals surface area contributed by atoms with Crippen molar-refractivity contribution in [3.63, 3.8) is 0 Å². The fourth-order valence-corrected chi connectivity index (χ4v) is 2.02. The molecule has 0 aliphatic heterocycles. The summed E-state index contributed by atoms with van der Waals surface area (Å²) in [6.45, 7) is 2.20. The van der Waals surface area contributed by atoms with E-state index in [1.165, 1.54) is 23.1 Å². The van der Waals surface area contributed by atoms with E-state index in [4.69, 9.17) is 4.74 Å². The van der Waals surface area contributed by atoms with Crippen LogP contribution >= 0.6 is 0 Å². The van der Waals surface area contributed by atoms with E-state index in [2.05, 4.69) is 31.2 Å². The molecule has 79 valence electrons. The minimum atomic E-state index is 0. The normalized spacial score (nSPS) is 9.88. The summed E-state index contributed by atoms with van der Waals surface area (Å²) in [6.07, 6.45) is 2.28. The van der Waals surface area contributed by atoms with Crippen molar-refractivity contribution in [1.29, 1.82) is 0 Å². The van der Waals surface area contributed by atoms with Crippen molar-refractivity contribution >= 4 is 29.6 Å². The summed E-state index contributed by atoms with van der Waals surface area (Å²) in [5, 5.41) is 0. The molecule has 0 aromatic heterocycles. The molecule has 2 rings (SSSR count). The second-order valence-electron chi connectivity index (χ2n) is 3.73. The minimum Gasteiger partial charge on any atom is -0.496 e. The molecule has 2 heteroatoms. The third kappa shape index (κ3) is 2.60. The average Bonchev–Trinajstić information content (AvgIpc) is 2.53. The van der Waals surface area contributed by atoms with Gasteiger partial charge in [-0.25, -0.2) is 0 Å². The Morgan fingerprint density at radius 2 is 1.81 bits per heavy atom. The molecule has 0 saturated heterocycles. The molecule has 0 N–H and O–H groups in total. The van der Waals surface area contributed by atoms with Gasteiger partial charge in [0.2, 0.25) is 0 Å². The van der Waals surface area contributed by atoms with Crippen LogP contribution in [-0.2, 0) is 6.42 Å². The summed E-state index contributed by atoms with van der Waals surface area (Å²) in [6, 6.07) is 12.6. The predicted molar refractivity (Wildman–Crippen MR) is 69.4 cm³/mol. The third-order valence-corrected chi connectivity index (χ3v) is 2.69. The van der Waals surface area contributed by atoms with Gasteiger partial charge < -0.3 is 4.74 Å². The zero-order valence-corrected chi connectivity index (χ0v) is 12.3. The van der Waals surface area contributed by atoms with Gasteiger partial charge in [0.15, 0.2) is 0 Å². The summed E-state index contributed by atoms with van der Waals surface area (Å²) in [5.41, 5.74) is 3.92. The SMILES string of the molecule is CCCc1ccc2ccccc(OC)c1-2.[Na]. The number of hydrogen-bond acceptors (Lipinski definition) is 1. The molecule has 2 aliphatic carbocycles. The molecule has 0 amide bonds. The first-order chi connectivity index (χ1) is 7.36. The Balaban J connectivity index is 0.00000128. The molecule has 0 spiro atoms. The molecular weight excluding hydrogens is 207 g/mol. The average molecular weight is 223 g/mol. The second-order valence-corrected chi connectivity index (χ2v) is 3.73. The summed E-state index contributed by atoms with van der Waals surface area (Å²) in [5.74, 6) is 0.975. The van der Waals surface area contributed by atoms with E-state index in [1.54, 1.807) is 7.11 Å². The van der Waals surface area contributed by atoms with Crippen molar-refractivity contribution in [2.24, 2.45) is 0 Å². The molecule has 1 nitrogen and oxygen atoms in total. The van der Waals surface area contributed by atoms with Crippen LogP contribution in [-0.4, -0.2) is 36.7 Å².